The van der Waals surface area contributed by atoms with Crippen molar-refractivity contribution in [1.82, 2.24) is 5.32 Å². The van der Waals surface area contributed by atoms with E-state index in [2.05, 4.69) is 10.6 Å². The lowest BCUT2D eigenvalue weighted by Crippen LogP contribution is -2.25. The van der Waals surface area contributed by atoms with E-state index in [0.29, 0.717) is 18.8 Å². The molecule has 2 N–H and O–H groups in total. The van der Waals surface area contributed by atoms with Gasteiger partial charge in [-0.05, 0) is 43.9 Å². The van der Waals surface area contributed by atoms with Gasteiger partial charge in [0.1, 0.15) is 11.3 Å². The van der Waals surface area contributed by atoms with Crippen molar-refractivity contribution in [1.29, 1.82) is 0 Å². The van der Waals surface area contributed by atoms with Crippen LogP contribution in [-0.2, 0) is 0 Å². The molecule has 0 saturated heterocycles. The van der Waals surface area contributed by atoms with Crippen LogP contribution in [0.3, 0.4) is 0 Å². The molecule has 0 fully saturated rings. The van der Waals surface area contributed by atoms with Crippen molar-refractivity contribution in [2.75, 3.05) is 30.4 Å². The van der Waals surface area contributed by atoms with Crippen molar-refractivity contribution in [3.63, 3.8) is 0 Å². The highest BCUT2D eigenvalue weighted by atomic mass is 32.2. The smallest absolute Gasteiger partial charge is 0.305 e. The van der Waals surface area contributed by atoms with Gasteiger partial charge in [0.15, 0.2) is 0 Å². The molecule has 1 rings (SSSR count). The fourth-order valence-electron chi connectivity index (χ4n) is 1.93. The molecule has 0 heterocycles. The first kappa shape index (κ1) is 17.3. The summed E-state index contributed by atoms with van der Waals surface area (Å²) < 4.78 is 0. The number of thioether (sulfide) groups is 1. The molecule has 0 unspecified atom stereocenters. The average molecular weight is 311 g/mol. The Balaban J connectivity index is 2.78. The lowest BCUT2D eigenvalue weighted by molar-refractivity contribution is -0.384. The molecule has 0 spiro atoms. The summed E-state index contributed by atoms with van der Waals surface area (Å²) in [7, 11) is 0. The number of rotatable bonds is 9. The number of amides is 1. The van der Waals surface area contributed by atoms with Crippen LogP contribution >= 0.6 is 11.8 Å². The Hall–Kier alpha value is -1.76. The fraction of sp³-hybridized carbons (Fsp3) is 0.500. The zero-order valence-electron chi connectivity index (χ0n) is 12.3. The minimum atomic E-state index is -0.513. The van der Waals surface area contributed by atoms with Gasteiger partial charge in [0.05, 0.1) is 4.92 Å². The molecular formula is C14H21N3O3S. The summed E-state index contributed by atoms with van der Waals surface area (Å²) in [6.45, 7) is 2.94. The molecular weight excluding hydrogens is 290 g/mol. The Morgan fingerprint density at radius 3 is 2.76 bits per heavy atom. The van der Waals surface area contributed by atoms with Crippen LogP contribution in [0.25, 0.3) is 0 Å². The third kappa shape index (κ3) is 5.26. The SMILES string of the molecule is CCNc1cccc(C(=O)NCCCCSC)c1[N+](=O)[O-]. The summed E-state index contributed by atoms with van der Waals surface area (Å²) in [5.41, 5.74) is 0.307. The number of para-hydroxylation sites is 1. The number of anilines is 1. The minimum absolute atomic E-state index is 0.100. The van der Waals surface area contributed by atoms with Crippen LogP contribution in [0, 0.1) is 10.1 Å². The van der Waals surface area contributed by atoms with Gasteiger partial charge in [-0.1, -0.05) is 6.07 Å². The van der Waals surface area contributed by atoms with E-state index in [4.69, 9.17) is 0 Å². The van der Waals surface area contributed by atoms with Gasteiger partial charge in [-0.2, -0.15) is 11.8 Å². The first-order chi connectivity index (χ1) is 10.1. The fourth-order valence-corrected chi connectivity index (χ4v) is 2.42. The molecule has 1 amide bonds. The van der Waals surface area contributed by atoms with E-state index in [1.165, 1.54) is 6.07 Å². The van der Waals surface area contributed by atoms with E-state index in [0.717, 1.165) is 18.6 Å². The van der Waals surface area contributed by atoms with Crippen molar-refractivity contribution < 1.29 is 9.72 Å². The van der Waals surface area contributed by atoms with Crippen LogP contribution in [-0.4, -0.2) is 35.9 Å². The number of nitrogens with one attached hydrogen (secondary N) is 2. The first-order valence-electron chi connectivity index (χ1n) is 6.90. The summed E-state index contributed by atoms with van der Waals surface area (Å²) in [5.74, 6) is 0.650. The quantitative estimate of drug-likeness (QED) is 0.416. The highest BCUT2D eigenvalue weighted by molar-refractivity contribution is 7.98. The second-order valence-electron chi connectivity index (χ2n) is 4.44. The van der Waals surface area contributed by atoms with Crippen LogP contribution in [0.2, 0.25) is 0 Å². The molecule has 0 radical (unpaired) electrons. The topological polar surface area (TPSA) is 84.3 Å². The molecule has 6 nitrogen and oxygen atoms in total. The number of nitro groups is 1. The number of carbonyl (C=O) groups is 1. The highest BCUT2D eigenvalue weighted by Crippen LogP contribution is 2.28. The minimum Gasteiger partial charge on any atom is -0.380 e. The lowest BCUT2D eigenvalue weighted by atomic mass is 10.1. The maximum atomic E-state index is 12.1. The van der Waals surface area contributed by atoms with Gasteiger partial charge >= 0.3 is 5.69 Å². The van der Waals surface area contributed by atoms with E-state index in [-0.39, 0.29) is 11.3 Å². The van der Waals surface area contributed by atoms with Crippen LogP contribution in [0.5, 0.6) is 0 Å². The number of carbonyl (C=O) groups excluding carboxylic acids is 1. The zero-order valence-corrected chi connectivity index (χ0v) is 13.2. The van der Waals surface area contributed by atoms with Gasteiger partial charge in [-0.25, -0.2) is 0 Å². The Morgan fingerprint density at radius 2 is 2.14 bits per heavy atom. The van der Waals surface area contributed by atoms with E-state index in [9.17, 15) is 14.9 Å². The maximum absolute atomic E-state index is 12.1. The predicted octanol–water partition coefficient (Wildman–Crippen LogP) is 2.90. The number of hydrogen-bond donors (Lipinski definition) is 2. The third-order valence-corrected chi connectivity index (χ3v) is 3.59. The molecule has 0 aromatic heterocycles. The number of hydrogen-bond acceptors (Lipinski definition) is 5. The number of nitrogens with zero attached hydrogens (tertiary/aromatic N) is 1. The summed E-state index contributed by atoms with van der Waals surface area (Å²) in [5, 5.41) is 16.9. The molecule has 7 heteroatoms. The van der Waals surface area contributed by atoms with Gasteiger partial charge < -0.3 is 10.6 Å². The average Bonchev–Trinajstić information content (AvgIpc) is 2.46. The molecule has 0 saturated carbocycles. The molecule has 0 aliphatic heterocycles. The van der Waals surface area contributed by atoms with Gasteiger partial charge in [-0.15, -0.1) is 0 Å². The van der Waals surface area contributed by atoms with Gasteiger partial charge in [-0.3, -0.25) is 14.9 Å². The second-order valence-corrected chi connectivity index (χ2v) is 5.43. The molecule has 0 aliphatic rings. The normalized spacial score (nSPS) is 10.2. The summed E-state index contributed by atoms with van der Waals surface area (Å²) in [4.78, 5) is 22.8. The molecule has 1 aromatic rings. The highest BCUT2D eigenvalue weighted by Gasteiger charge is 2.23. The van der Waals surface area contributed by atoms with Crippen molar-refractivity contribution in [3.05, 3.63) is 33.9 Å². The van der Waals surface area contributed by atoms with Gasteiger partial charge in [0.25, 0.3) is 5.91 Å². The van der Waals surface area contributed by atoms with Crippen LogP contribution in [0.1, 0.15) is 30.1 Å². The largest absolute Gasteiger partial charge is 0.380 e. The Bertz CT molecular complexity index is 494. The van der Waals surface area contributed by atoms with E-state index >= 15 is 0 Å². The number of benzene rings is 1. The first-order valence-corrected chi connectivity index (χ1v) is 8.29. The Morgan fingerprint density at radius 1 is 1.38 bits per heavy atom. The maximum Gasteiger partial charge on any atom is 0.305 e. The summed E-state index contributed by atoms with van der Waals surface area (Å²) >= 11 is 1.76. The molecule has 21 heavy (non-hydrogen) atoms. The Kier molecular flexibility index (Phi) is 7.60. The van der Waals surface area contributed by atoms with Gasteiger partial charge in [0, 0.05) is 13.1 Å². The van der Waals surface area contributed by atoms with Crippen LogP contribution < -0.4 is 10.6 Å². The lowest BCUT2D eigenvalue weighted by Gasteiger charge is -2.09. The molecule has 0 atom stereocenters. The van der Waals surface area contributed by atoms with E-state index in [1.807, 2.05) is 13.2 Å². The monoisotopic (exact) mass is 311 g/mol. The molecule has 0 bridgehead atoms. The van der Waals surface area contributed by atoms with E-state index < -0.39 is 10.8 Å². The number of unbranched alkanes of at least 4 members (excludes halogenated alkanes) is 1. The van der Waals surface area contributed by atoms with Crippen LogP contribution in [0.4, 0.5) is 11.4 Å². The molecule has 0 aliphatic carbocycles. The molecule has 1 aromatic carbocycles. The van der Waals surface area contributed by atoms with Crippen LogP contribution in [0.15, 0.2) is 18.2 Å². The number of nitro benzene ring substituents is 1. The van der Waals surface area contributed by atoms with Crippen molar-refractivity contribution in [2.45, 2.75) is 19.8 Å². The Labute approximate surface area is 128 Å². The second kappa shape index (κ2) is 9.23. The summed E-state index contributed by atoms with van der Waals surface area (Å²) in [6.07, 6.45) is 3.92. The van der Waals surface area contributed by atoms with Crippen molar-refractivity contribution >= 4 is 29.0 Å². The predicted molar refractivity (Wildman–Crippen MR) is 87.2 cm³/mol. The molecule has 116 valence electrons. The van der Waals surface area contributed by atoms with Crippen molar-refractivity contribution in [3.8, 4) is 0 Å². The standard InChI is InChI=1S/C14H21N3O3S/c1-3-15-12-8-6-7-11(13(12)17(19)20)14(18)16-9-4-5-10-21-2/h6-8,15H,3-5,9-10H2,1-2H3,(H,16,18). The zero-order chi connectivity index (χ0) is 15.7. The summed E-state index contributed by atoms with van der Waals surface area (Å²) in [6, 6.07) is 4.74. The third-order valence-electron chi connectivity index (χ3n) is 2.89. The van der Waals surface area contributed by atoms with Crippen molar-refractivity contribution in [2.24, 2.45) is 0 Å². The van der Waals surface area contributed by atoms with Gasteiger partial charge in [0.2, 0.25) is 0 Å². The van der Waals surface area contributed by atoms with E-state index in [1.54, 1.807) is 23.9 Å².